The largest absolute Gasteiger partial charge is 0.396 e. The van der Waals surface area contributed by atoms with Crippen molar-refractivity contribution in [3.63, 3.8) is 0 Å². The molecule has 2 aliphatic rings. The van der Waals surface area contributed by atoms with Crippen molar-refractivity contribution in [2.75, 3.05) is 6.61 Å². The summed E-state index contributed by atoms with van der Waals surface area (Å²) in [5.41, 5.74) is 0. The van der Waals surface area contributed by atoms with Crippen LogP contribution in [0.3, 0.4) is 0 Å². The monoisotopic (exact) mass is 255 g/mol. The maximum absolute atomic E-state index is 11.1. The van der Waals surface area contributed by atoms with Gasteiger partial charge in [0.25, 0.3) is 0 Å². The summed E-state index contributed by atoms with van der Waals surface area (Å²) in [6, 6.07) is -1.06. The Morgan fingerprint density at radius 2 is 1.75 bits per heavy atom. The van der Waals surface area contributed by atoms with E-state index in [1.807, 2.05) is 4.72 Å². The van der Waals surface area contributed by atoms with Crippen LogP contribution in [0.1, 0.15) is 0 Å². The summed E-state index contributed by atoms with van der Waals surface area (Å²) in [5, 5.41) is 37.6. The third kappa shape index (κ3) is 1.74. The molecule has 0 bridgehead atoms. The smallest absolute Gasteiger partial charge is 0.336 e. The SMILES string of the molecule is O=S1(=O)N[C@@H]2C(O)C(O)[C@H](O)C(CO)C2O1. The first kappa shape index (κ1) is 12.2. The second kappa shape index (κ2) is 3.88. The molecule has 8 nitrogen and oxygen atoms in total. The lowest BCUT2D eigenvalue weighted by atomic mass is 9.78. The Morgan fingerprint density at radius 1 is 1.12 bits per heavy atom. The molecule has 2 fully saturated rings. The van der Waals surface area contributed by atoms with Gasteiger partial charge in [-0.1, -0.05) is 0 Å². The zero-order chi connectivity index (χ0) is 12.1. The van der Waals surface area contributed by atoms with E-state index in [9.17, 15) is 23.7 Å². The number of rotatable bonds is 1. The molecule has 94 valence electrons. The predicted octanol–water partition coefficient (Wildman–Crippen LogP) is -3.71. The molecule has 4 unspecified atom stereocenters. The van der Waals surface area contributed by atoms with Gasteiger partial charge in [0, 0.05) is 5.92 Å². The average Bonchev–Trinajstić information content (AvgIpc) is 2.52. The summed E-state index contributed by atoms with van der Waals surface area (Å²) in [7, 11) is -3.99. The highest BCUT2D eigenvalue weighted by molar-refractivity contribution is 7.85. The van der Waals surface area contributed by atoms with E-state index in [2.05, 4.69) is 4.18 Å². The van der Waals surface area contributed by atoms with Crippen molar-refractivity contribution < 1.29 is 33.0 Å². The van der Waals surface area contributed by atoms with Gasteiger partial charge in [-0.2, -0.15) is 13.1 Å². The molecule has 1 heterocycles. The number of hydrogen-bond donors (Lipinski definition) is 5. The highest BCUT2D eigenvalue weighted by Crippen LogP contribution is 2.33. The van der Waals surface area contributed by atoms with Gasteiger partial charge in [0.1, 0.15) is 18.3 Å². The molecule has 0 aromatic heterocycles. The molecule has 2 rings (SSSR count). The number of aliphatic hydroxyl groups is 4. The summed E-state index contributed by atoms with van der Waals surface area (Å²) < 4.78 is 28.9. The minimum Gasteiger partial charge on any atom is -0.396 e. The molecule has 0 amide bonds. The molecule has 1 aliphatic carbocycles. The minimum absolute atomic E-state index is 0.552. The Bertz CT molecular complexity index is 371. The van der Waals surface area contributed by atoms with E-state index in [0.29, 0.717) is 0 Å². The van der Waals surface area contributed by atoms with Crippen molar-refractivity contribution in [2.45, 2.75) is 30.5 Å². The first-order chi connectivity index (χ1) is 7.37. The quantitative estimate of drug-likeness (QED) is 0.325. The maximum Gasteiger partial charge on any atom is 0.336 e. The Morgan fingerprint density at radius 3 is 2.31 bits per heavy atom. The fraction of sp³-hybridized carbons (Fsp3) is 1.00. The van der Waals surface area contributed by atoms with Crippen molar-refractivity contribution in [2.24, 2.45) is 5.92 Å². The van der Waals surface area contributed by atoms with Crippen LogP contribution in [0.15, 0.2) is 0 Å². The van der Waals surface area contributed by atoms with Crippen molar-refractivity contribution >= 4 is 10.3 Å². The van der Waals surface area contributed by atoms with Gasteiger partial charge in [0.15, 0.2) is 0 Å². The summed E-state index contributed by atoms with van der Waals surface area (Å²) >= 11 is 0. The van der Waals surface area contributed by atoms with E-state index in [0.717, 1.165) is 0 Å². The van der Waals surface area contributed by atoms with E-state index in [4.69, 9.17) is 5.11 Å². The highest BCUT2D eigenvalue weighted by atomic mass is 32.2. The van der Waals surface area contributed by atoms with Crippen LogP contribution in [0.25, 0.3) is 0 Å². The Hall–Kier alpha value is -0.290. The van der Waals surface area contributed by atoms with Crippen LogP contribution in [0.5, 0.6) is 0 Å². The minimum atomic E-state index is -3.99. The van der Waals surface area contributed by atoms with E-state index in [1.54, 1.807) is 0 Å². The molecule has 1 aliphatic heterocycles. The lowest BCUT2D eigenvalue weighted by Crippen LogP contribution is -2.63. The van der Waals surface area contributed by atoms with Gasteiger partial charge in [-0.3, -0.25) is 4.18 Å². The normalized spacial score (nSPS) is 51.2. The fourth-order valence-corrected chi connectivity index (χ4v) is 3.36. The van der Waals surface area contributed by atoms with Crippen LogP contribution < -0.4 is 4.72 Å². The van der Waals surface area contributed by atoms with Crippen LogP contribution in [0.4, 0.5) is 0 Å². The van der Waals surface area contributed by atoms with Crippen LogP contribution in [0, 0.1) is 5.92 Å². The number of aliphatic hydroxyl groups excluding tert-OH is 4. The third-order valence-electron chi connectivity index (χ3n) is 3.01. The second-order valence-corrected chi connectivity index (χ2v) is 5.31. The third-order valence-corrected chi connectivity index (χ3v) is 4.05. The van der Waals surface area contributed by atoms with Crippen LogP contribution in [-0.2, 0) is 14.5 Å². The van der Waals surface area contributed by atoms with Gasteiger partial charge in [0.05, 0.1) is 18.8 Å². The molecule has 16 heavy (non-hydrogen) atoms. The Kier molecular flexibility index (Phi) is 2.95. The Labute approximate surface area is 91.7 Å². The van der Waals surface area contributed by atoms with Crippen molar-refractivity contribution in [1.29, 1.82) is 0 Å². The number of fused-ring (bicyclic) bond motifs is 1. The molecule has 0 aromatic rings. The summed E-state index contributed by atoms with van der Waals surface area (Å²) in [4.78, 5) is 0. The van der Waals surface area contributed by atoms with Gasteiger partial charge in [-0.15, -0.1) is 0 Å². The fourth-order valence-electron chi connectivity index (χ4n) is 2.14. The molecular weight excluding hydrogens is 242 g/mol. The predicted molar refractivity (Wildman–Crippen MR) is 49.3 cm³/mol. The van der Waals surface area contributed by atoms with Crippen molar-refractivity contribution in [3.05, 3.63) is 0 Å². The first-order valence-corrected chi connectivity index (χ1v) is 6.14. The molecule has 1 saturated carbocycles. The number of nitrogens with one attached hydrogen (secondary N) is 1. The van der Waals surface area contributed by atoms with E-state index < -0.39 is 53.3 Å². The van der Waals surface area contributed by atoms with Crippen LogP contribution in [0.2, 0.25) is 0 Å². The summed E-state index contributed by atoms with van der Waals surface area (Å²) in [5.74, 6) is -0.965. The molecule has 1 saturated heterocycles. The Balaban J connectivity index is 2.32. The van der Waals surface area contributed by atoms with Gasteiger partial charge in [0.2, 0.25) is 0 Å². The average molecular weight is 255 g/mol. The van der Waals surface area contributed by atoms with Gasteiger partial charge < -0.3 is 20.4 Å². The lowest BCUT2D eigenvalue weighted by Gasteiger charge is -2.40. The van der Waals surface area contributed by atoms with E-state index in [1.165, 1.54) is 0 Å². The van der Waals surface area contributed by atoms with Gasteiger partial charge in [-0.25, -0.2) is 0 Å². The zero-order valence-electron chi connectivity index (χ0n) is 8.09. The molecule has 0 spiro atoms. The second-order valence-electron chi connectivity index (χ2n) is 3.98. The standard InChI is InChI=1S/C7H13NO7S/c9-1-2-4(10)6(12)5(11)3-7(2)15-16(13,14)8-3/h2-12H,1H2/t2?,3-,4-,5?,6?,7?/m1/s1. The van der Waals surface area contributed by atoms with E-state index in [-0.39, 0.29) is 0 Å². The topological polar surface area (TPSA) is 136 Å². The molecule has 0 aromatic carbocycles. The molecule has 0 radical (unpaired) electrons. The molecular formula is C7H13NO7S. The number of hydrogen-bond acceptors (Lipinski definition) is 7. The molecule has 6 atom stereocenters. The van der Waals surface area contributed by atoms with Crippen LogP contribution in [-0.4, -0.2) is 65.9 Å². The van der Waals surface area contributed by atoms with Crippen molar-refractivity contribution in [3.8, 4) is 0 Å². The summed E-state index contributed by atoms with van der Waals surface area (Å²) in [6.07, 6.45) is -5.51. The maximum atomic E-state index is 11.1. The van der Waals surface area contributed by atoms with Gasteiger partial charge in [-0.05, 0) is 0 Å². The van der Waals surface area contributed by atoms with Crippen molar-refractivity contribution in [1.82, 2.24) is 4.72 Å². The van der Waals surface area contributed by atoms with Gasteiger partial charge >= 0.3 is 10.3 Å². The summed E-state index contributed by atoms with van der Waals surface area (Å²) in [6.45, 7) is -0.552. The zero-order valence-corrected chi connectivity index (χ0v) is 8.91. The molecule has 5 N–H and O–H groups in total. The lowest BCUT2D eigenvalue weighted by molar-refractivity contribution is -0.155. The highest BCUT2D eigenvalue weighted by Gasteiger charge is 2.55. The molecule has 9 heteroatoms. The van der Waals surface area contributed by atoms with E-state index >= 15 is 0 Å². The van der Waals surface area contributed by atoms with Crippen LogP contribution >= 0.6 is 0 Å². The first-order valence-electron chi connectivity index (χ1n) is 4.73.